The summed E-state index contributed by atoms with van der Waals surface area (Å²) in [4.78, 5) is 25.2. The Bertz CT molecular complexity index is 1020. The number of thiocarbonyl (C=S) groups is 1. The molecule has 0 aliphatic carbocycles. The lowest BCUT2D eigenvalue weighted by molar-refractivity contribution is -0.137. The first kappa shape index (κ1) is 20.8. The van der Waals surface area contributed by atoms with Gasteiger partial charge in [0.25, 0.3) is 5.91 Å². The van der Waals surface area contributed by atoms with Gasteiger partial charge in [0.05, 0.1) is 16.5 Å². The number of nitriles is 1. The molecule has 3 rings (SSSR count). The van der Waals surface area contributed by atoms with Crippen molar-refractivity contribution in [2.45, 2.75) is 25.7 Å². The minimum Gasteiger partial charge on any atom is -0.481 e. The van der Waals surface area contributed by atoms with E-state index in [1.807, 2.05) is 6.07 Å². The number of carbonyl (C=O) groups excluding carboxylic acids is 1. The van der Waals surface area contributed by atoms with E-state index in [4.69, 9.17) is 27.0 Å². The molecule has 0 radical (unpaired) electrons. The highest BCUT2D eigenvalue weighted by molar-refractivity contribution is 8.26. The van der Waals surface area contributed by atoms with Crippen molar-refractivity contribution in [3.05, 3.63) is 52.6 Å². The van der Waals surface area contributed by atoms with Gasteiger partial charge in [0, 0.05) is 24.6 Å². The van der Waals surface area contributed by atoms with Gasteiger partial charge in [-0.3, -0.25) is 14.5 Å². The van der Waals surface area contributed by atoms with Gasteiger partial charge >= 0.3 is 5.97 Å². The average Bonchev–Trinajstić information content (AvgIpc) is 3.27. The van der Waals surface area contributed by atoms with Crippen LogP contribution < -0.4 is 0 Å². The monoisotopic (exact) mass is 426 g/mol. The lowest BCUT2D eigenvalue weighted by Gasteiger charge is -2.13. The molecule has 2 heterocycles. The first-order chi connectivity index (χ1) is 14.0. The molecule has 1 aliphatic heterocycles. The van der Waals surface area contributed by atoms with Crippen LogP contribution in [0.15, 0.2) is 45.7 Å². The lowest BCUT2D eigenvalue weighted by atomic mass is 10.1. The lowest BCUT2D eigenvalue weighted by Crippen LogP contribution is -2.29. The molecule has 29 heavy (non-hydrogen) atoms. The number of rotatable bonds is 8. The molecule has 0 saturated carbocycles. The number of amides is 1. The third-order valence-corrected chi connectivity index (χ3v) is 5.70. The van der Waals surface area contributed by atoms with Crippen LogP contribution in [-0.4, -0.2) is 32.7 Å². The normalized spacial score (nSPS) is 15.1. The molecule has 8 heteroatoms. The van der Waals surface area contributed by atoms with E-state index in [-0.39, 0.29) is 12.3 Å². The molecule has 148 valence electrons. The average molecular weight is 427 g/mol. The summed E-state index contributed by atoms with van der Waals surface area (Å²) < 4.78 is 6.31. The fraction of sp³-hybridized carbons (Fsp3) is 0.238. The fourth-order valence-electron chi connectivity index (χ4n) is 2.87. The maximum absolute atomic E-state index is 12.6. The second-order valence-electron chi connectivity index (χ2n) is 6.43. The van der Waals surface area contributed by atoms with Gasteiger partial charge in [0.15, 0.2) is 0 Å². The Kier molecular flexibility index (Phi) is 6.86. The summed E-state index contributed by atoms with van der Waals surface area (Å²) in [6.45, 7) is 0.478. The van der Waals surface area contributed by atoms with Crippen LogP contribution in [0.3, 0.4) is 0 Å². The molecule has 1 amide bonds. The molecule has 1 fully saturated rings. The van der Waals surface area contributed by atoms with Crippen LogP contribution in [0, 0.1) is 11.3 Å². The van der Waals surface area contributed by atoms with Crippen molar-refractivity contribution < 1.29 is 19.1 Å². The molecule has 1 N–H and O–H groups in total. The fourth-order valence-corrected chi connectivity index (χ4v) is 4.16. The summed E-state index contributed by atoms with van der Waals surface area (Å²) in [6, 6.07) is 12.8. The molecular formula is C21H18N2O4S2. The number of furan rings is 1. The van der Waals surface area contributed by atoms with Crippen LogP contribution in [-0.2, 0) is 9.59 Å². The molecule has 0 atom stereocenters. The summed E-state index contributed by atoms with van der Waals surface area (Å²) in [7, 11) is 0. The second kappa shape index (κ2) is 9.54. The van der Waals surface area contributed by atoms with Crippen LogP contribution in [0.25, 0.3) is 17.4 Å². The number of carbonyl (C=O) groups is 2. The van der Waals surface area contributed by atoms with Crippen LogP contribution in [0.2, 0.25) is 0 Å². The van der Waals surface area contributed by atoms with E-state index in [0.29, 0.717) is 45.7 Å². The number of carboxylic acids is 1. The van der Waals surface area contributed by atoms with Crippen molar-refractivity contribution in [2.75, 3.05) is 6.54 Å². The molecule has 0 bridgehead atoms. The topological polar surface area (TPSA) is 94.5 Å². The highest BCUT2D eigenvalue weighted by Crippen LogP contribution is 2.34. The van der Waals surface area contributed by atoms with Crippen molar-refractivity contribution in [1.29, 1.82) is 5.26 Å². The Balaban J connectivity index is 1.64. The summed E-state index contributed by atoms with van der Waals surface area (Å²) in [5.74, 6) is 0.171. The van der Waals surface area contributed by atoms with Gasteiger partial charge in [-0.1, -0.05) is 42.5 Å². The van der Waals surface area contributed by atoms with Crippen LogP contribution >= 0.6 is 24.0 Å². The quantitative estimate of drug-likeness (QED) is 0.372. The number of unbranched alkanes of at least 4 members (excludes halogenated alkanes) is 2. The molecular weight excluding hydrogens is 408 g/mol. The Morgan fingerprint density at radius 2 is 2.10 bits per heavy atom. The number of thioether (sulfide) groups is 1. The van der Waals surface area contributed by atoms with E-state index >= 15 is 0 Å². The van der Waals surface area contributed by atoms with E-state index < -0.39 is 5.97 Å². The van der Waals surface area contributed by atoms with E-state index in [1.165, 1.54) is 11.8 Å². The minimum atomic E-state index is -0.810. The van der Waals surface area contributed by atoms with E-state index in [1.54, 1.807) is 41.3 Å². The van der Waals surface area contributed by atoms with E-state index in [2.05, 4.69) is 6.07 Å². The van der Waals surface area contributed by atoms with Crippen molar-refractivity contribution in [1.82, 2.24) is 4.90 Å². The molecule has 1 aromatic carbocycles. The minimum absolute atomic E-state index is 0.135. The number of carboxylic acid groups (broad SMARTS) is 1. The van der Waals surface area contributed by atoms with Gasteiger partial charge in [-0.15, -0.1) is 0 Å². The molecule has 1 aliphatic rings. The van der Waals surface area contributed by atoms with Gasteiger partial charge in [0.1, 0.15) is 15.8 Å². The number of aliphatic carboxylic acids is 1. The maximum atomic E-state index is 12.6. The third-order valence-electron chi connectivity index (χ3n) is 4.32. The highest BCUT2D eigenvalue weighted by atomic mass is 32.2. The van der Waals surface area contributed by atoms with Gasteiger partial charge in [-0.25, -0.2) is 0 Å². The summed E-state index contributed by atoms with van der Waals surface area (Å²) in [5.41, 5.74) is 1.34. The Morgan fingerprint density at radius 3 is 2.86 bits per heavy atom. The van der Waals surface area contributed by atoms with Gasteiger partial charge in [-0.05, 0) is 37.1 Å². The predicted octanol–water partition coefficient (Wildman–Crippen LogP) is 4.66. The molecule has 1 saturated heterocycles. The first-order valence-corrected chi connectivity index (χ1v) is 10.3. The Morgan fingerprint density at radius 1 is 1.28 bits per heavy atom. The zero-order valence-corrected chi connectivity index (χ0v) is 17.1. The van der Waals surface area contributed by atoms with Crippen molar-refractivity contribution in [2.24, 2.45) is 0 Å². The predicted molar refractivity (Wildman–Crippen MR) is 115 cm³/mol. The second-order valence-corrected chi connectivity index (χ2v) is 8.11. The number of benzene rings is 1. The molecule has 2 aromatic rings. The number of nitrogens with zero attached hydrogens (tertiary/aromatic N) is 2. The number of hydrogen-bond donors (Lipinski definition) is 1. The summed E-state index contributed by atoms with van der Waals surface area (Å²) in [6.07, 6.45) is 3.82. The van der Waals surface area contributed by atoms with Crippen molar-refractivity contribution in [3.63, 3.8) is 0 Å². The maximum Gasteiger partial charge on any atom is 0.303 e. The van der Waals surface area contributed by atoms with Crippen LogP contribution in [0.5, 0.6) is 0 Å². The van der Waals surface area contributed by atoms with E-state index in [9.17, 15) is 9.59 Å². The SMILES string of the molecule is N#Cc1cccc(-c2ccc(C=C3SC(=S)N(CCCCCC(=O)O)C3=O)o2)c1. The van der Waals surface area contributed by atoms with Crippen LogP contribution in [0.1, 0.15) is 37.0 Å². The molecule has 6 nitrogen and oxygen atoms in total. The zero-order chi connectivity index (χ0) is 20.8. The smallest absolute Gasteiger partial charge is 0.303 e. The largest absolute Gasteiger partial charge is 0.481 e. The third kappa shape index (κ3) is 5.34. The highest BCUT2D eigenvalue weighted by Gasteiger charge is 2.31. The Hall–Kier alpha value is -2.89. The van der Waals surface area contributed by atoms with Crippen LogP contribution in [0.4, 0.5) is 0 Å². The zero-order valence-electron chi connectivity index (χ0n) is 15.5. The van der Waals surface area contributed by atoms with Gasteiger partial charge in [-0.2, -0.15) is 5.26 Å². The Labute approximate surface area is 177 Å². The summed E-state index contributed by atoms with van der Waals surface area (Å²) in [5, 5.41) is 17.7. The molecule has 0 unspecified atom stereocenters. The number of hydrogen-bond acceptors (Lipinski definition) is 6. The summed E-state index contributed by atoms with van der Waals surface area (Å²) >= 11 is 6.54. The van der Waals surface area contributed by atoms with Crippen molar-refractivity contribution >= 4 is 46.3 Å². The first-order valence-electron chi connectivity index (χ1n) is 9.05. The molecule has 0 spiro atoms. The van der Waals surface area contributed by atoms with Gasteiger partial charge in [0.2, 0.25) is 0 Å². The van der Waals surface area contributed by atoms with Crippen molar-refractivity contribution in [3.8, 4) is 17.4 Å². The van der Waals surface area contributed by atoms with Gasteiger partial charge < -0.3 is 9.52 Å². The standard InChI is InChI=1S/C21H18N2O4S2/c22-13-14-5-4-6-15(11-14)17-9-8-16(27-17)12-18-20(26)23(21(28)29-18)10-3-1-2-7-19(24)25/h4-6,8-9,11-12H,1-3,7,10H2,(H,24,25). The van der Waals surface area contributed by atoms with E-state index in [0.717, 1.165) is 12.0 Å². The molecule has 1 aromatic heterocycles.